The zero-order valence-corrected chi connectivity index (χ0v) is 14.0. The Hall–Kier alpha value is -0.970. The molecule has 21 heavy (non-hydrogen) atoms. The molecular formula is C17H22BrN3. The van der Waals surface area contributed by atoms with Crippen LogP contribution in [0.5, 0.6) is 0 Å². The Morgan fingerprint density at radius 2 is 2.24 bits per heavy atom. The fourth-order valence-electron chi connectivity index (χ4n) is 3.56. The van der Waals surface area contributed by atoms with Crippen LogP contribution in [0.2, 0.25) is 0 Å². The quantitative estimate of drug-likeness (QED) is 0.916. The standard InChI is InChI=1S/C17H22BrN3/c1-2-9-21-10-7-12(11-19)17(21)14-5-6-15(18)13-4-3-8-20-16(13)14/h3-6,8,12,17H,2,7,9-11,19H2,1H3. The monoisotopic (exact) mass is 347 g/mol. The van der Waals surface area contributed by atoms with Crippen molar-refractivity contribution in [2.75, 3.05) is 19.6 Å². The number of aromatic nitrogens is 1. The van der Waals surface area contributed by atoms with E-state index in [-0.39, 0.29) is 0 Å². The molecule has 1 aromatic carbocycles. The van der Waals surface area contributed by atoms with Gasteiger partial charge in [0.25, 0.3) is 0 Å². The van der Waals surface area contributed by atoms with E-state index in [0.29, 0.717) is 12.0 Å². The number of fused-ring (bicyclic) bond motifs is 1. The van der Waals surface area contributed by atoms with Gasteiger partial charge in [0.2, 0.25) is 0 Å². The number of hydrogen-bond donors (Lipinski definition) is 1. The van der Waals surface area contributed by atoms with E-state index < -0.39 is 0 Å². The van der Waals surface area contributed by atoms with Crippen LogP contribution in [-0.2, 0) is 0 Å². The highest BCUT2D eigenvalue weighted by molar-refractivity contribution is 9.10. The van der Waals surface area contributed by atoms with Gasteiger partial charge in [-0.05, 0) is 56.1 Å². The van der Waals surface area contributed by atoms with Crippen LogP contribution in [0.25, 0.3) is 10.9 Å². The van der Waals surface area contributed by atoms with Crippen molar-refractivity contribution in [1.29, 1.82) is 0 Å². The molecule has 0 bridgehead atoms. The van der Waals surface area contributed by atoms with E-state index in [1.165, 1.54) is 23.8 Å². The third-order valence-electron chi connectivity index (χ3n) is 4.51. The third-order valence-corrected chi connectivity index (χ3v) is 5.20. The molecule has 0 saturated carbocycles. The van der Waals surface area contributed by atoms with Gasteiger partial charge in [-0.1, -0.05) is 35.0 Å². The molecule has 1 saturated heterocycles. The summed E-state index contributed by atoms with van der Waals surface area (Å²) in [4.78, 5) is 7.23. The average Bonchev–Trinajstić information content (AvgIpc) is 2.91. The summed E-state index contributed by atoms with van der Waals surface area (Å²) in [5.41, 5.74) is 8.48. The maximum absolute atomic E-state index is 6.04. The molecule has 3 rings (SSSR count). The molecule has 2 heterocycles. The van der Waals surface area contributed by atoms with Crippen LogP contribution in [0.1, 0.15) is 31.4 Å². The Kier molecular flexibility index (Phi) is 4.57. The van der Waals surface area contributed by atoms with Crippen molar-refractivity contribution in [2.24, 2.45) is 11.7 Å². The first kappa shape index (κ1) is 14.9. The van der Waals surface area contributed by atoms with E-state index in [2.05, 4.69) is 50.9 Å². The van der Waals surface area contributed by atoms with Gasteiger partial charge in [0.05, 0.1) is 5.52 Å². The second kappa shape index (κ2) is 6.42. The molecule has 0 amide bonds. The largest absolute Gasteiger partial charge is 0.330 e. The van der Waals surface area contributed by atoms with Crippen molar-refractivity contribution in [2.45, 2.75) is 25.8 Å². The van der Waals surface area contributed by atoms with Crippen LogP contribution in [0.15, 0.2) is 34.9 Å². The van der Waals surface area contributed by atoms with Gasteiger partial charge in [-0.2, -0.15) is 0 Å². The van der Waals surface area contributed by atoms with Gasteiger partial charge in [-0.15, -0.1) is 0 Å². The third kappa shape index (κ3) is 2.72. The van der Waals surface area contributed by atoms with E-state index >= 15 is 0 Å². The molecule has 1 aliphatic rings. The molecular weight excluding hydrogens is 326 g/mol. The van der Waals surface area contributed by atoms with E-state index in [1.54, 1.807) is 0 Å². The summed E-state index contributed by atoms with van der Waals surface area (Å²) >= 11 is 3.64. The van der Waals surface area contributed by atoms with Crippen LogP contribution >= 0.6 is 15.9 Å². The highest BCUT2D eigenvalue weighted by atomic mass is 79.9. The van der Waals surface area contributed by atoms with Crippen molar-refractivity contribution in [3.05, 3.63) is 40.5 Å². The van der Waals surface area contributed by atoms with Gasteiger partial charge in [0.1, 0.15) is 0 Å². The Morgan fingerprint density at radius 3 is 3.00 bits per heavy atom. The van der Waals surface area contributed by atoms with Crippen LogP contribution in [0.3, 0.4) is 0 Å². The Morgan fingerprint density at radius 1 is 1.38 bits per heavy atom. The van der Waals surface area contributed by atoms with E-state index in [9.17, 15) is 0 Å². The molecule has 112 valence electrons. The van der Waals surface area contributed by atoms with Crippen LogP contribution in [0.4, 0.5) is 0 Å². The average molecular weight is 348 g/mol. The second-order valence-corrected chi connectivity index (χ2v) is 6.66. The minimum absolute atomic E-state index is 0.403. The van der Waals surface area contributed by atoms with Crippen molar-refractivity contribution in [1.82, 2.24) is 9.88 Å². The highest BCUT2D eigenvalue weighted by Gasteiger charge is 2.35. The number of halogens is 1. The minimum atomic E-state index is 0.403. The van der Waals surface area contributed by atoms with Crippen molar-refractivity contribution < 1.29 is 0 Å². The van der Waals surface area contributed by atoms with Crippen LogP contribution < -0.4 is 5.73 Å². The molecule has 2 atom stereocenters. The number of rotatable bonds is 4. The van der Waals surface area contributed by atoms with Gasteiger partial charge in [-0.3, -0.25) is 9.88 Å². The lowest BCUT2D eigenvalue weighted by Crippen LogP contribution is -2.29. The smallest absolute Gasteiger partial charge is 0.0761 e. The first-order valence-corrected chi connectivity index (χ1v) is 8.52. The van der Waals surface area contributed by atoms with Gasteiger partial charge in [-0.25, -0.2) is 0 Å². The predicted molar refractivity (Wildman–Crippen MR) is 91.2 cm³/mol. The molecule has 0 radical (unpaired) electrons. The molecule has 2 N–H and O–H groups in total. The van der Waals surface area contributed by atoms with Gasteiger partial charge >= 0.3 is 0 Å². The first-order valence-electron chi connectivity index (χ1n) is 7.73. The summed E-state index contributed by atoms with van der Waals surface area (Å²) in [5, 5.41) is 1.19. The molecule has 1 fully saturated rings. The minimum Gasteiger partial charge on any atom is -0.330 e. The Balaban J connectivity index is 2.11. The summed E-state index contributed by atoms with van der Waals surface area (Å²) in [7, 11) is 0. The summed E-state index contributed by atoms with van der Waals surface area (Å²) in [5.74, 6) is 0.530. The van der Waals surface area contributed by atoms with E-state index in [0.717, 1.165) is 29.6 Å². The zero-order chi connectivity index (χ0) is 14.8. The summed E-state index contributed by atoms with van der Waals surface area (Å²) < 4.78 is 1.11. The van der Waals surface area contributed by atoms with Crippen molar-refractivity contribution in [3.8, 4) is 0 Å². The number of benzene rings is 1. The maximum atomic E-state index is 6.04. The van der Waals surface area contributed by atoms with Crippen molar-refractivity contribution >= 4 is 26.8 Å². The van der Waals surface area contributed by atoms with E-state index in [1.807, 2.05) is 12.3 Å². The number of pyridine rings is 1. The molecule has 3 nitrogen and oxygen atoms in total. The van der Waals surface area contributed by atoms with E-state index in [4.69, 9.17) is 5.73 Å². The first-order chi connectivity index (χ1) is 10.3. The number of likely N-dealkylation sites (tertiary alicyclic amines) is 1. The lowest BCUT2D eigenvalue weighted by molar-refractivity contribution is 0.232. The second-order valence-electron chi connectivity index (χ2n) is 5.80. The number of hydrogen-bond acceptors (Lipinski definition) is 3. The maximum Gasteiger partial charge on any atom is 0.0761 e. The predicted octanol–water partition coefficient (Wildman–Crippen LogP) is 3.73. The molecule has 1 aliphatic heterocycles. The molecule has 2 unspecified atom stereocenters. The summed E-state index contributed by atoms with van der Waals surface area (Å²) in [6.45, 7) is 5.26. The SMILES string of the molecule is CCCN1CCC(CN)C1c1ccc(Br)c2cccnc12. The van der Waals surface area contributed by atoms with Crippen LogP contribution in [0, 0.1) is 5.92 Å². The molecule has 1 aromatic heterocycles. The molecule has 0 aliphatic carbocycles. The van der Waals surface area contributed by atoms with Crippen LogP contribution in [-0.4, -0.2) is 29.5 Å². The lowest BCUT2D eigenvalue weighted by atomic mass is 9.92. The Bertz CT molecular complexity index is 628. The van der Waals surface area contributed by atoms with Crippen molar-refractivity contribution in [3.63, 3.8) is 0 Å². The summed E-state index contributed by atoms with van der Waals surface area (Å²) in [6, 6.07) is 8.90. The Labute approximate surface area is 134 Å². The fraction of sp³-hybridized carbons (Fsp3) is 0.471. The normalized spacial score (nSPS) is 23.0. The number of nitrogens with two attached hydrogens (primary N) is 1. The fourth-order valence-corrected chi connectivity index (χ4v) is 4.01. The topological polar surface area (TPSA) is 42.1 Å². The molecule has 0 spiro atoms. The van der Waals surface area contributed by atoms with Gasteiger partial charge in [0, 0.05) is 22.1 Å². The van der Waals surface area contributed by atoms with Gasteiger partial charge < -0.3 is 5.73 Å². The zero-order valence-electron chi connectivity index (χ0n) is 12.4. The number of nitrogens with zero attached hydrogens (tertiary/aromatic N) is 2. The molecule has 4 heteroatoms. The molecule has 2 aromatic rings. The summed E-state index contributed by atoms with van der Waals surface area (Å²) in [6.07, 6.45) is 4.25. The lowest BCUT2D eigenvalue weighted by Gasteiger charge is -2.28. The highest BCUT2D eigenvalue weighted by Crippen LogP contribution is 2.40. The van der Waals surface area contributed by atoms with Gasteiger partial charge in [0.15, 0.2) is 0 Å².